The minimum atomic E-state index is -0.112. The SMILES string of the molecule is CCn1c(COc2ccc3ccccc3c2C)nnc1SCC(=O)Nc1nc(C)c(C)s1. The summed E-state index contributed by atoms with van der Waals surface area (Å²) in [4.78, 5) is 17.8. The van der Waals surface area contributed by atoms with Crippen molar-refractivity contribution in [2.45, 2.75) is 46.0 Å². The molecule has 7 nitrogen and oxygen atoms in total. The van der Waals surface area contributed by atoms with Gasteiger partial charge in [0.15, 0.2) is 16.1 Å². The second-order valence-corrected chi connectivity index (χ2v) is 9.48. The van der Waals surface area contributed by atoms with E-state index in [4.69, 9.17) is 4.74 Å². The highest BCUT2D eigenvalue weighted by Crippen LogP contribution is 2.28. The maximum Gasteiger partial charge on any atom is 0.236 e. The Kier molecular flexibility index (Phi) is 6.76. The molecule has 4 rings (SSSR count). The lowest BCUT2D eigenvalue weighted by molar-refractivity contribution is -0.113. The highest BCUT2D eigenvalue weighted by Gasteiger charge is 2.15. The molecule has 0 saturated carbocycles. The number of amides is 1. The van der Waals surface area contributed by atoms with E-state index in [9.17, 15) is 4.79 Å². The molecular weight excluding hydrogens is 442 g/mol. The lowest BCUT2D eigenvalue weighted by atomic mass is 10.0. The van der Waals surface area contributed by atoms with Crippen LogP contribution in [-0.2, 0) is 17.9 Å². The number of nitrogens with zero attached hydrogens (tertiary/aromatic N) is 4. The van der Waals surface area contributed by atoms with Crippen LogP contribution in [0.4, 0.5) is 5.13 Å². The van der Waals surface area contributed by atoms with Gasteiger partial charge < -0.3 is 14.6 Å². The first-order chi connectivity index (χ1) is 15.5. The van der Waals surface area contributed by atoms with Gasteiger partial charge in [0.05, 0.1) is 11.4 Å². The van der Waals surface area contributed by atoms with Gasteiger partial charge in [-0.2, -0.15) is 0 Å². The van der Waals surface area contributed by atoms with Gasteiger partial charge in [0.2, 0.25) is 5.91 Å². The molecule has 0 atom stereocenters. The molecule has 32 heavy (non-hydrogen) atoms. The van der Waals surface area contributed by atoms with E-state index in [-0.39, 0.29) is 11.7 Å². The van der Waals surface area contributed by atoms with Crippen molar-refractivity contribution >= 4 is 44.9 Å². The molecule has 1 N–H and O–H groups in total. The summed E-state index contributed by atoms with van der Waals surface area (Å²) in [5.41, 5.74) is 2.04. The Labute approximate surface area is 195 Å². The minimum absolute atomic E-state index is 0.112. The third-order valence-electron chi connectivity index (χ3n) is 5.22. The van der Waals surface area contributed by atoms with E-state index in [0.29, 0.717) is 23.4 Å². The average molecular weight is 468 g/mol. The van der Waals surface area contributed by atoms with Gasteiger partial charge in [0.25, 0.3) is 0 Å². The molecule has 1 amide bonds. The van der Waals surface area contributed by atoms with Gasteiger partial charge in [-0.1, -0.05) is 42.1 Å². The van der Waals surface area contributed by atoms with Crippen LogP contribution in [-0.4, -0.2) is 31.4 Å². The summed E-state index contributed by atoms with van der Waals surface area (Å²) in [6.07, 6.45) is 0. The van der Waals surface area contributed by atoms with Crippen molar-refractivity contribution < 1.29 is 9.53 Å². The zero-order valence-corrected chi connectivity index (χ0v) is 20.1. The summed E-state index contributed by atoms with van der Waals surface area (Å²) in [6, 6.07) is 12.3. The molecule has 0 fully saturated rings. The number of rotatable bonds is 8. The Morgan fingerprint density at radius 1 is 1.16 bits per heavy atom. The van der Waals surface area contributed by atoms with Crippen LogP contribution in [0.2, 0.25) is 0 Å². The maximum absolute atomic E-state index is 12.3. The number of carbonyl (C=O) groups is 1. The van der Waals surface area contributed by atoms with Crippen LogP contribution in [0.1, 0.15) is 28.9 Å². The number of ether oxygens (including phenoxy) is 1. The Morgan fingerprint density at radius 3 is 2.72 bits per heavy atom. The average Bonchev–Trinajstić information content (AvgIpc) is 3.33. The van der Waals surface area contributed by atoms with Crippen LogP contribution >= 0.6 is 23.1 Å². The monoisotopic (exact) mass is 467 g/mol. The second kappa shape index (κ2) is 9.70. The third-order valence-corrected chi connectivity index (χ3v) is 7.18. The Morgan fingerprint density at radius 2 is 1.97 bits per heavy atom. The molecule has 0 aliphatic rings. The quantitative estimate of drug-likeness (QED) is 0.361. The fourth-order valence-electron chi connectivity index (χ4n) is 3.37. The molecule has 0 unspecified atom stereocenters. The Balaban J connectivity index is 1.39. The molecule has 0 spiro atoms. The molecular formula is C23H25N5O2S2. The maximum atomic E-state index is 12.3. The largest absolute Gasteiger partial charge is 0.485 e. The topological polar surface area (TPSA) is 81.9 Å². The summed E-state index contributed by atoms with van der Waals surface area (Å²) >= 11 is 2.84. The summed E-state index contributed by atoms with van der Waals surface area (Å²) in [7, 11) is 0. The molecule has 4 aromatic rings. The van der Waals surface area contributed by atoms with Crippen LogP contribution in [0.15, 0.2) is 41.6 Å². The van der Waals surface area contributed by atoms with Crippen LogP contribution in [0.3, 0.4) is 0 Å². The lowest BCUT2D eigenvalue weighted by Crippen LogP contribution is -2.14. The first kappa shape index (κ1) is 22.3. The molecule has 0 aliphatic heterocycles. The van der Waals surface area contributed by atoms with Gasteiger partial charge in [-0.25, -0.2) is 4.98 Å². The van der Waals surface area contributed by atoms with Crippen molar-refractivity contribution in [3.05, 3.63) is 58.4 Å². The van der Waals surface area contributed by atoms with Gasteiger partial charge >= 0.3 is 0 Å². The molecule has 2 aromatic carbocycles. The smallest absolute Gasteiger partial charge is 0.236 e. The molecule has 0 saturated heterocycles. The summed E-state index contributed by atoms with van der Waals surface area (Å²) < 4.78 is 8.06. The third kappa shape index (κ3) is 4.78. The molecule has 2 aromatic heterocycles. The van der Waals surface area contributed by atoms with Crippen molar-refractivity contribution in [2.75, 3.05) is 11.1 Å². The zero-order chi connectivity index (χ0) is 22.7. The summed E-state index contributed by atoms with van der Waals surface area (Å²) in [5, 5.41) is 15.1. The molecule has 9 heteroatoms. The number of hydrogen-bond donors (Lipinski definition) is 1. The van der Waals surface area contributed by atoms with E-state index < -0.39 is 0 Å². The summed E-state index contributed by atoms with van der Waals surface area (Å²) in [6.45, 7) is 9.02. The van der Waals surface area contributed by atoms with E-state index in [1.807, 2.05) is 43.5 Å². The van der Waals surface area contributed by atoms with Crippen molar-refractivity contribution in [3.63, 3.8) is 0 Å². The van der Waals surface area contributed by atoms with E-state index in [2.05, 4.69) is 45.6 Å². The fourth-order valence-corrected chi connectivity index (χ4v) is 5.02. The molecule has 0 radical (unpaired) electrons. The summed E-state index contributed by atoms with van der Waals surface area (Å²) in [5.74, 6) is 1.69. The van der Waals surface area contributed by atoms with Crippen molar-refractivity contribution in [2.24, 2.45) is 0 Å². The van der Waals surface area contributed by atoms with Gasteiger partial charge in [-0.15, -0.1) is 21.5 Å². The molecule has 0 aliphatic carbocycles. The van der Waals surface area contributed by atoms with Gasteiger partial charge in [0.1, 0.15) is 12.4 Å². The number of anilines is 1. The number of aryl methyl sites for hydroxylation is 3. The number of carbonyl (C=O) groups excluding carboxylic acids is 1. The highest BCUT2D eigenvalue weighted by molar-refractivity contribution is 7.99. The lowest BCUT2D eigenvalue weighted by Gasteiger charge is -2.12. The Bertz CT molecular complexity index is 1250. The number of thioether (sulfide) groups is 1. The fraction of sp³-hybridized carbons (Fsp3) is 0.304. The second-order valence-electron chi connectivity index (χ2n) is 7.34. The highest BCUT2D eigenvalue weighted by atomic mass is 32.2. The number of fused-ring (bicyclic) bond motifs is 1. The van der Waals surface area contributed by atoms with E-state index >= 15 is 0 Å². The van der Waals surface area contributed by atoms with Crippen molar-refractivity contribution in [1.82, 2.24) is 19.7 Å². The zero-order valence-electron chi connectivity index (χ0n) is 18.5. The van der Waals surface area contributed by atoms with Crippen LogP contribution in [0.5, 0.6) is 5.75 Å². The number of nitrogens with one attached hydrogen (secondary N) is 1. The van der Waals surface area contributed by atoms with Crippen molar-refractivity contribution in [3.8, 4) is 5.75 Å². The van der Waals surface area contributed by atoms with Crippen LogP contribution in [0, 0.1) is 20.8 Å². The number of aromatic nitrogens is 4. The van der Waals surface area contributed by atoms with Gasteiger partial charge in [0, 0.05) is 11.4 Å². The Hall–Kier alpha value is -2.91. The van der Waals surface area contributed by atoms with E-state index in [1.54, 1.807) is 0 Å². The predicted octanol–water partition coefficient (Wildman–Crippen LogP) is 5.14. The number of hydrogen-bond acceptors (Lipinski definition) is 7. The van der Waals surface area contributed by atoms with Crippen LogP contribution in [0.25, 0.3) is 10.8 Å². The first-order valence-corrected chi connectivity index (χ1v) is 12.2. The van der Waals surface area contributed by atoms with Crippen LogP contribution < -0.4 is 10.1 Å². The first-order valence-electron chi connectivity index (χ1n) is 10.4. The molecule has 166 valence electrons. The minimum Gasteiger partial charge on any atom is -0.485 e. The number of thiazole rings is 1. The number of benzene rings is 2. The van der Waals surface area contributed by atoms with E-state index in [0.717, 1.165) is 27.7 Å². The van der Waals surface area contributed by atoms with E-state index in [1.165, 1.54) is 33.9 Å². The van der Waals surface area contributed by atoms with Gasteiger partial charge in [-0.05, 0) is 50.1 Å². The molecule has 0 bridgehead atoms. The standard InChI is InChI=1S/C23H25N5O2S2/c1-5-28-20(12-30-19-11-10-17-8-6-7-9-18(17)14(19)2)26-27-23(28)31-13-21(29)25-22-24-15(3)16(4)32-22/h6-11H,5,12-13H2,1-4H3,(H,24,25,29). The van der Waals surface area contributed by atoms with Gasteiger partial charge in [-0.3, -0.25) is 4.79 Å². The normalized spacial score (nSPS) is 11.1. The van der Waals surface area contributed by atoms with Crippen molar-refractivity contribution in [1.29, 1.82) is 0 Å². The predicted molar refractivity (Wildman–Crippen MR) is 130 cm³/mol. The molecule has 2 heterocycles.